The fraction of sp³-hybridized carbons (Fsp3) is 0.867. The zero-order valence-corrected chi connectivity index (χ0v) is 12.7. The normalized spacial score (nSPS) is 27.4. The van der Waals surface area contributed by atoms with E-state index in [-0.39, 0.29) is 17.9 Å². The lowest BCUT2D eigenvalue weighted by atomic mass is 9.89. The molecule has 0 aromatic heterocycles. The Bertz CT molecular complexity index is 351. The summed E-state index contributed by atoms with van der Waals surface area (Å²) in [6.45, 7) is 7.92. The molecule has 0 aromatic rings. The molecule has 0 aromatic carbocycles. The summed E-state index contributed by atoms with van der Waals surface area (Å²) in [5.74, 6) is 0.332. The maximum absolute atomic E-state index is 11.8. The van der Waals surface area contributed by atoms with Crippen molar-refractivity contribution in [2.75, 3.05) is 19.6 Å². The number of amides is 2. The van der Waals surface area contributed by atoms with Crippen LogP contribution in [0.5, 0.6) is 0 Å². The van der Waals surface area contributed by atoms with Gasteiger partial charge in [0.05, 0.1) is 6.04 Å². The number of rotatable bonds is 5. The Morgan fingerprint density at radius 3 is 2.60 bits per heavy atom. The Morgan fingerprint density at radius 2 is 2.00 bits per heavy atom. The van der Waals surface area contributed by atoms with Gasteiger partial charge in [0, 0.05) is 12.5 Å². The highest BCUT2D eigenvalue weighted by Gasteiger charge is 2.30. The molecule has 0 aliphatic carbocycles. The fourth-order valence-electron chi connectivity index (χ4n) is 3.30. The quantitative estimate of drug-likeness (QED) is 0.735. The first-order valence-electron chi connectivity index (χ1n) is 7.92. The van der Waals surface area contributed by atoms with Gasteiger partial charge >= 0.3 is 0 Å². The second kappa shape index (κ2) is 7.18. The van der Waals surface area contributed by atoms with Gasteiger partial charge in [-0.2, -0.15) is 0 Å². The van der Waals surface area contributed by atoms with Crippen molar-refractivity contribution in [3.8, 4) is 0 Å². The molecule has 5 nitrogen and oxygen atoms in total. The van der Waals surface area contributed by atoms with Gasteiger partial charge in [-0.3, -0.25) is 14.9 Å². The zero-order chi connectivity index (χ0) is 14.5. The minimum absolute atomic E-state index is 0.145. The van der Waals surface area contributed by atoms with Crippen molar-refractivity contribution < 1.29 is 9.59 Å². The summed E-state index contributed by atoms with van der Waals surface area (Å²) in [6.07, 6.45) is 4.69. The molecule has 20 heavy (non-hydrogen) atoms. The topological polar surface area (TPSA) is 61.4 Å². The van der Waals surface area contributed by atoms with Crippen LogP contribution in [0.2, 0.25) is 0 Å². The second-order valence-corrected chi connectivity index (χ2v) is 6.14. The van der Waals surface area contributed by atoms with E-state index >= 15 is 0 Å². The van der Waals surface area contributed by atoms with Crippen LogP contribution in [-0.4, -0.2) is 48.4 Å². The van der Waals surface area contributed by atoms with Crippen LogP contribution in [0.1, 0.15) is 46.0 Å². The van der Waals surface area contributed by atoms with Crippen LogP contribution in [0, 0.1) is 5.92 Å². The average molecular weight is 281 g/mol. The molecule has 2 amide bonds. The summed E-state index contributed by atoms with van der Waals surface area (Å²) in [5.41, 5.74) is 0. The Labute approximate surface area is 121 Å². The highest BCUT2D eigenvalue weighted by atomic mass is 16.2. The van der Waals surface area contributed by atoms with E-state index in [1.165, 1.54) is 38.9 Å². The first-order valence-corrected chi connectivity index (χ1v) is 7.92. The van der Waals surface area contributed by atoms with Crippen LogP contribution >= 0.6 is 0 Å². The maximum atomic E-state index is 11.8. The van der Waals surface area contributed by atoms with Crippen LogP contribution in [0.3, 0.4) is 0 Å². The molecule has 2 aliphatic heterocycles. The highest BCUT2D eigenvalue weighted by Crippen LogP contribution is 2.21. The van der Waals surface area contributed by atoms with E-state index in [4.69, 9.17) is 0 Å². The van der Waals surface area contributed by atoms with E-state index < -0.39 is 0 Å². The predicted molar refractivity (Wildman–Crippen MR) is 78.2 cm³/mol. The van der Waals surface area contributed by atoms with Gasteiger partial charge in [0.15, 0.2) is 0 Å². The SMILES string of the molecule is CCCN1CCC(C(C)NC2CCC(=O)NC2=O)CC1. The number of carbonyl (C=O) groups excluding carboxylic acids is 2. The van der Waals surface area contributed by atoms with Crippen molar-refractivity contribution >= 4 is 11.8 Å². The Hall–Kier alpha value is -0.940. The standard InChI is InChI=1S/C15H27N3O2/c1-3-8-18-9-6-12(7-10-18)11(2)16-13-4-5-14(19)17-15(13)20/h11-13,16H,3-10H2,1-2H3,(H,17,19,20). The number of carbonyl (C=O) groups is 2. The van der Waals surface area contributed by atoms with E-state index in [1.54, 1.807) is 0 Å². The molecule has 2 fully saturated rings. The highest BCUT2D eigenvalue weighted by molar-refractivity contribution is 6.00. The van der Waals surface area contributed by atoms with Gasteiger partial charge in [0.25, 0.3) is 0 Å². The lowest BCUT2D eigenvalue weighted by Crippen LogP contribution is -2.55. The molecule has 2 atom stereocenters. The molecule has 0 radical (unpaired) electrons. The third-order valence-corrected chi connectivity index (χ3v) is 4.58. The molecule has 5 heteroatoms. The van der Waals surface area contributed by atoms with Gasteiger partial charge in [-0.25, -0.2) is 0 Å². The maximum Gasteiger partial charge on any atom is 0.243 e. The van der Waals surface area contributed by atoms with E-state index in [0.29, 0.717) is 24.8 Å². The number of nitrogens with zero attached hydrogens (tertiary/aromatic N) is 1. The zero-order valence-electron chi connectivity index (χ0n) is 12.7. The van der Waals surface area contributed by atoms with Crippen molar-refractivity contribution in [3.63, 3.8) is 0 Å². The first-order chi connectivity index (χ1) is 9.60. The number of likely N-dealkylation sites (tertiary alicyclic amines) is 1. The van der Waals surface area contributed by atoms with Gasteiger partial charge in [-0.1, -0.05) is 6.92 Å². The van der Waals surface area contributed by atoms with Crippen LogP contribution < -0.4 is 10.6 Å². The fourth-order valence-corrected chi connectivity index (χ4v) is 3.30. The monoisotopic (exact) mass is 281 g/mol. The van der Waals surface area contributed by atoms with E-state index in [0.717, 1.165) is 0 Å². The summed E-state index contributed by atoms with van der Waals surface area (Å²) < 4.78 is 0. The molecule has 2 aliphatic rings. The summed E-state index contributed by atoms with van der Waals surface area (Å²) in [6, 6.07) is 0.138. The molecule has 0 saturated carbocycles. The van der Waals surface area contributed by atoms with Crippen molar-refractivity contribution in [2.24, 2.45) is 5.92 Å². The van der Waals surface area contributed by atoms with Crippen LogP contribution in [0.25, 0.3) is 0 Å². The molecule has 2 N–H and O–H groups in total. The lowest BCUT2D eigenvalue weighted by molar-refractivity contribution is -0.135. The first kappa shape index (κ1) is 15.4. The van der Waals surface area contributed by atoms with Crippen molar-refractivity contribution in [1.82, 2.24) is 15.5 Å². The molecule has 2 saturated heterocycles. The molecular weight excluding hydrogens is 254 g/mol. The minimum Gasteiger partial charge on any atom is -0.303 e. The predicted octanol–water partition coefficient (Wildman–Crippen LogP) is 0.892. The van der Waals surface area contributed by atoms with Gasteiger partial charge in [-0.15, -0.1) is 0 Å². The molecule has 114 valence electrons. The van der Waals surface area contributed by atoms with E-state index in [2.05, 4.69) is 29.4 Å². The van der Waals surface area contributed by atoms with Gasteiger partial charge in [0.2, 0.25) is 11.8 Å². The van der Waals surface area contributed by atoms with Crippen LogP contribution in [-0.2, 0) is 9.59 Å². The number of hydrogen-bond donors (Lipinski definition) is 2. The molecule has 2 rings (SSSR count). The number of piperidine rings is 2. The van der Waals surface area contributed by atoms with Crippen molar-refractivity contribution in [3.05, 3.63) is 0 Å². The Balaban J connectivity index is 1.76. The molecular formula is C15H27N3O2. The summed E-state index contributed by atoms with van der Waals surface area (Å²) in [5, 5.41) is 5.84. The average Bonchev–Trinajstić information content (AvgIpc) is 2.43. The van der Waals surface area contributed by atoms with Crippen molar-refractivity contribution in [2.45, 2.75) is 58.0 Å². The van der Waals surface area contributed by atoms with Crippen molar-refractivity contribution in [1.29, 1.82) is 0 Å². The van der Waals surface area contributed by atoms with Crippen LogP contribution in [0.15, 0.2) is 0 Å². The van der Waals surface area contributed by atoms with E-state index in [1.807, 2.05) is 0 Å². The minimum atomic E-state index is -0.198. The number of nitrogens with one attached hydrogen (secondary N) is 2. The second-order valence-electron chi connectivity index (χ2n) is 6.14. The number of imide groups is 1. The van der Waals surface area contributed by atoms with Gasteiger partial charge < -0.3 is 10.2 Å². The largest absolute Gasteiger partial charge is 0.303 e. The molecule has 2 unspecified atom stereocenters. The summed E-state index contributed by atoms with van der Waals surface area (Å²) in [4.78, 5) is 25.4. The Morgan fingerprint density at radius 1 is 1.30 bits per heavy atom. The van der Waals surface area contributed by atoms with Crippen LogP contribution in [0.4, 0.5) is 0 Å². The van der Waals surface area contributed by atoms with Gasteiger partial charge in [0.1, 0.15) is 0 Å². The summed E-state index contributed by atoms with van der Waals surface area (Å²) in [7, 11) is 0. The smallest absolute Gasteiger partial charge is 0.243 e. The third kappa shape index (κ3) is 4.03. The van der Waals surface area contributed by atoms with Gasteiger partial charge in [-0.05, 0) is 58.2 Å². The molecule has 0 spiro atoms. The Kier molecular flexibility index (Phi) is 5.54. The molecule has 2 heterocycles. The molecule has 0 bridgehead atoms. The third-order valence-electron chi connectivity index (χ3n) is 4.58. The summed E-state index contributed by atoms with van der Waals surface area (Å²) >= 11 is 0. The number of hydrogen-bond acceptors (Lipinski definition) is 4. The lowest BCUT2D eigenvalue weighted by Gasteiger charge is -2.36. The van der Waals surface area contributed by atoms with E-state index in [9.17, 15) is 9.59 Å².